The second kappa shape index (κ2) is 14.1. The van der Waals surface area contributed by atoms with Crippen molar-refractivity contribution in [2.45, 2.75) is 44.5 Å². The zero-order valence-corrected chi connectivity index (χ0v) is 20.4. The van der Waals surface area contributed by atoms with E-state index < -0.39 is 18.1 Å². The number of ether oxygens (including phenoxy) is 2. The average molecular weight is 498 g/mol. The lowest BCUT2D eigenvalue weighted by Crippen LogP contribution is -2.43. The first-order valence-corrected chi connectivity index (χ1v) is 11.3. The Hall–Kier alpha value is -3.39. The molecule has 3 atom stereocenters. The Morgan fingerprint density at radius 3 is 1.97 bits per heavy atom. The molecule has 3 rings (SSSR count). The van der Waals surface area contributed by atoms with Crippen LogP contribution < -0.4 is 21.5 Å². The monoisotopic (exact) mass is 497 g/mol. The molecule has 7 nitrogen and oxygen atoms in total. The van der Waals surface area contributed by atoms with Crippen LogP contribution in [0.2, 0.25) is 0 Å². The summed E-state index contributed by atoms with van der Waals surface area (Å²) in [4.78, 5) is 24.6. The molecule has 0 aliphatic heterocycles. The standard InChI is InChI=1S/C27H31N3O4.ClH/c1-19(21-12-14-23(15-13-21)34-22-10-6-3-7-11-22)30-26(31)24(28)16-17-25(29)27(32)33-18-20-8-4-2-5-9-20;/h2-15,19,24-25H,16-18,28-29H2,1H3,(H,30,31);1H/t19?,24-,25+;/m1./s1. The van der Waals surface area contributed by atoms with Crippen LogP contribution in [0, 0.1) is 0 Å². The van der Waals surface area contributed by atoms with Crippen LogP contribution in [0.5, 0.6) is 11.5 Å². The number of esters is 1. The Labute approximate surface area is 212 Å². The number of hydrogen-bond donors (Lipinski definition) is 3. The van der Waals surface area contributed by atoms with E-state index in [1.807, 2.05) is 91.9 Å². The van der Waals surface area contributed by atoms with Gasteiger partial charge in [-0.1, -0.05) is 60.7 Å². The molecule has 8 heteroatoms. The predicted molar refractivity (Wildman–Crippen MR) is 138 cm³/mol. The van der Waals surface area contributed by atoms with Crippen molar-refractivity contribution >= 4 is 24.3 Å². The molecular formula is C27H32ClN3O4. The second-order valence-electron chi connectivity index (χ2n) is 8.10. The van der Waals surface area contributed by atoms with Gasteiger partial charge in [-0.2, -0.15) is 0 Å². The minimum absolute atomic E-state index is 0. The van der Waals surface area contributed by atoms with Gasteiger partial charge in [-0.15, -0.1) is 12.4 Å². The molecule has 1 amide bonds. The molecule has 0 saturated heterocycles. The number of carbonyl (C=O) groups excluding carboxylic acids is 2. The van der Waals surface area contributed by atoms with Crippen molar-refractivity contribution in [1.82, 2.24) is 5.32 Å². The number of amides is 1. The molecule has 35 heavy (non-hydrogen) atoms. The summed E-state index contributed by atoms with van der Waals surface area (Å²) in [6, 6.07) is 24.5. The lowest BCUT2D eigenvalue weighted by molar-refractivity contribution is -0.146. The topological polar surface area (TPSA) is 117 Å². The maximum absolute atomic E-state index is 12.5. The molecule has 0 saturated carbocycles. The van der Waals surface area contributed by atoms with Gasteiger partial charge in [-0.3, -0.25) is 9.59 Å². The third-order valence-corrected chi connectivity index (χ3v) is 5.37. The summed E-state index contributed by atoms with van der Waals surface area (Å²) in [6.45, 7) is 2.04. The summed E-state index contributed by atoms with van der Waals surface area (Å²) in [5.41, 5.74) is 13.7. The van der Waals surface area contributed by atoms with Gasteiger partial charge < -0.3 is 26.3 Å². The quantitative estimate of drug-likeness (QED) is 0.341. The zero-order valence-electron chi connectivity index (χ0n) is 19.6. The lowest BCUT2D eigenvalue weighted by atomic mass is 10.0. The molecule has 1 unspecified atom stereocenters. The maximum atomic E-state index is 12.5. The first-order valence-electron chi connectivity index (χ1n) is 11.3. The number of halogens is 1. The van der Waals surface area contributed by atoms with E-state index in [0.717, 1.165) is 16.9 Å². The fourth-order valence-corrected chi connectivity index (χ4v) is 3.30. The molecule has 186 valence electrons. The Morgan fingerprint density at radius 2 is 1.34 bits per heavy atom. The van der Waals surface area contributed by atoms with E-state index in [2.05, 4.69) is 5.32 Å². The first-order chi connectivity index (χ1) is 16.4. The molecule has 0 bridgehead atoms. The smallest absolute Gasteiger partial charge is 0.323 e. The molecule has 0 fully saturated rings. The first kappa shape index (κ1) is 27.9. The van der Waals surface area contributed by atoms with Crippen LogP contribution in [-0.2, 0) is 20.9 Å². The fourth-order valence-electron chi connectivity index (χ4n) is 3.30. The van der Waals surface area contributed by atoms with Crippen LogP contribution in [0.25, 0.3) is 0 Å². The molecule has 3 aromatic carbocycles. The van der Waals surface area contributed by atoms with Gasteiger partial charge in [0.2, 0.25) is 5.91 Å². The number of hydrogen-bond acceptors (Lipinski definition) is 6. The van der Waals surface area contributed by atoms with Crippen LogP contribution in [0.1, 0.15) is 36.9 Å². The Balaban J connectivity index is 0.00000432. The van der Waals surface area contributed by atoms with Gasteiger partial charge in [0, 0.05) is 0 Å². The van der Waals surface area contributed by atoms with Gasteiger partial charge in [-0.05, 0) is 55.2 Å². The fraction of sp³-hybridized carbons (Fsp3) is 0.259. The second-order valence-corrected chi connectivity index (χ2v) is 8.10. The summed E-state index contributed by atoms with van der Waals surface area (Å²) in [5, 5.41) is 2.90. The maximum Gasteiger partial charge on any atom is 0.323 e. The SMILES string of the molecule is CC(NC(=O)[C@H](N)CC[C@H](N)C(=O)OCc1ccccc1)c1ccc(Oc2ccccc2)cc1.Cl. The average Bonchev–Trinajstić information content (AvgIpc) is 2.87. The number of nitrogens with one attached hydrogen (secondary N) is 1. The predicted octanol–water partition coefficient (Wildman–Crippen LogP) is 4.26. The molecule has 3 aromatic rings. The van der Waals surface area contributed by atoms with E-state index in [0.29, 0.717) is 5.75 Å². The molecule has 5 N–H and O–H groups in total. The molecular weight excluding hydrogens is 466 g/mol. The Kier molecular flexibility index (Phi) is 11.2. The van der Waals surface area contributed by atoms with Crippen molar-refractivity contribution in [2.24, 2.45) is 11.5 Å². The Morgan fingerprint density at radius 1 is 0.800 bits per heavy atom. The molecule has 0 aliphatic carbocycles. The van der Waals surface area contributed by atoms with Crippen LogP contribution in [0.4, 0.5) is 0 Å². The van der Waals surface area contributed by atoms with E-state index in [1.165, 1.54) is 0 Å². The van der Waals surface area contributed by atoms with Crippen molar-refractivity contribution in [1.29, 1.82) is 0 Å². The third kappa shape index (κ3) is 9.05. The molecule has 0 aromatic heterocycles. The van der Waals surface area contributed by atoms with E-state index in [9.17, 15) is 9.59 Å². The van der Waals surface area contributed by atoms with Crippen LogP contribution in [0.3, 0.4) is 0 Å². The number of benzene rings is 3. The molecule has 0 heterocycles. The van der Waals surface area contributed by atoms with E-state index in [-0.39, 0.29) is 43.8 Å². The normalized spacial score (nSPS) is 13.0. The summed E-state index contributed by atoms with van der Waals surface area (Å²) < 4.78 is 11.0. The van der Waals surface area contributed by atoms with Crippen molar-refractivity contribution in [3.05, 3.63) is 96.1 Å². The van der Waals surface area contributed by atoms with Gasteiger partial charge in [0.15, 0.2) is 0 Å². The largest absolute Gasteiger partial charge is 0.460 e. The van der Waals surface area contributed by atoms with Gasteiger partial charge in [-0.25, -0.2) is 0 Å². The lowest BCUT2D eigenvalue weighted by Gasteiger charge is -2.19. The Bertz CT molecular complexity index is 1050. The highest BCUT2D eigenvalue weighted by Crippen LogP contribution is 2.23. The highest BCUT2D eigenvalue weighted by atomic mass is 35.5. The van der Waals surface area contributed by atoms with E-state index in [4.69, 9.17) is 20.9 Å². The van der Waals surface area contributed by atoms with Gasteiger partial charge in [0.1, 0.15) is 24.1 Å². The van der Waals surface area contributed by atoms with Crippen molar-refractivity contribution < 1.29 is 19.1 Å². The van der Waals surface area contributed by atoms with E-state index in [1.54, 1.807) is 0 Å². The zero-order chi connectivity index (χ0) is 24.3. The third-order valence-electron chi connectivity index (χ3n) is 5.37. The van der Waals surface area contributed by atoms with Crippen LogP contribution in [0.15, 0.2) is 84.9 Å². The van der Waals surface area contributed by atoms with Gasteiger partial charge in [0.25, 0.3) is 0 Å². The van der Waals surface area contributed by atoms with Crippen LogP contribution in [-0.4, -0.2) is 24.0 Å². The number of carbonyl (C=O) groups is 2. The minimum Gasteiger partial charge on any atom is -0.460 e. The summed E-state index contributed by atoms with van der Waals surface area (Å²) in [5.74, 6) is 0.646. The highest BCUT2D eigenvalue weighted by molar-refractivity contribution is 5.85. The molecule has 0 spiro atoms. The van der Waals surface area contributed by atoms with Crippen molar-refractivity contribution in [3.63, 3.8) is 0 Å². The van der Waals surface area contributed by atoms with Crippen LogP contribution >= 0.6 is 12.4 Å². The number of nitrogens with two attached hydrogens (primary N) is 2. The van der Waals surface area contributed by atoms with Crippen molar-refractivity contribution in [2.75, 3.05) is 0 Å². The molecule has 0 radical (unpaired) electrons. The summed E-state index contributed by atoms with van der Waals surface area (Å²) in [7, 11) is 0. The molecule has 0 aliphatic rings. The highest BCUT2D eigenvalue weighted by Gasteiger charge is 2.21. The minimum atomic E-state index is -0.836. The number of para-hydroxylation sites is 1. The van der Waals surface area contributed by atoms with Gasteiger partial charge in [0.05, 0.1) is 12.1 Å². The van der Waals surface area contributed by atoms with Crippen molar-refractivity contribution in [3.8, 4) is 11.5 Å². The van der Waals surface area contributed by atoms with Gasteiger partial charge >= 0.3 is 5.97 Å². The summed E-state index contributed by atoms with van der Waals surface area (Å²) in [6.07, 6.45) is 0.520. The summed E-state index contributed by atoms with van der Waals surface area (Å²) >= 11 is 0. The number of rotatable bonds is 11. The van der Waals surface area contributed by atoms with E-state index >= 15 is 0 Å².